The Labute approximate surface area is 154 Å². The number of benzene rings is 2. The van der Waals surface area contributed by atoms with E-state index >= 15 is 0 Å². The normalized spacial score (nSPS) is 21.2. The van der Waals surface area contributed by atoms with Crippen LogP contribution in [0, 0.1) is 0 Å². The molecule has 1 saturated heterocycles. The van der Waals surface area contributed by atoms with Crippen LogP contribution >= 0.6 is 0 Å². The van der Waals surface area contributed by atoms with Gasteiger partial charge in [-0.25, -0.2) is 4.79 Å². The van der Waals surface area contributed by atoms with E-state index in [4.69, 9.17) is 4.74 Å². The first kappa shape index (κ1) is 18.3. The predicted octanol–water partition coefficient (Wildman–Crippen LogP) is 3.49. The van der Waals surface area contributed by atoms with Crippen molar-refractivity contribution in [3.05, 3.63) is 65.7 Å². The summed E-state index contributed by atoms with van der Waals surface area (Å²) in [4.78, 5) is 14.5. The van der Waals surface area contributed by atoms with Crippen molar-refractivity contribution in [3.63, 3.8) is 0 Å². The van der Waals surface area contributed by atoms with Crippen LogP contribution < -0.4 is 5.32 Å². The Hall–Kier alpha value is -2.53. The number of ether oxygens (including phenoxy) is 1. The van der Waals surface area contributed by atoms with Crippen LogP contribution in [-0.4, -0.2) is 41.3 Å². The Bertz CT molecular complexity index is 718. The quantitative estimate of drug-likeness (QED) is 0.883. The molecule has 1 heterocycles. The van der Waals surface area contributed by atoms with Gasteiger partial charge >= 0.3 is 6.03 Å². The van der Waals surface area contributed by atoms with E-state index in [2.05, 4.69) is 5.32 Å². The Balaban J connectivity index is 1.58. The largest absolute Gasteiger partial charge is 0.508 e. The molecule has 0 radical (unpaired) electrons. The van der Waals surface area contributed by atoms with Crippen LogP contribution in [0.4, 0.5) is 4.79 Å². The lowest BCUT2D eigenvalue weighted by Crippen LogP contribution is -2.51. The molecular formula is C21H26N2O3. The lowest BCUT2D eigenvalue weighted by Gasteiger charge is -2.37. The number of phenols is 1. The molecule has 0 aromatic heterocycles. The summed E-state index contributed by atoms with van der Waals surface area (Å²) in [5, 5.41) is 12.4. The molecule has 1 fully saturated rings. The summed E-state index contributed by atoms with van der Waals surface area (Å²) in [6.45, 7) is 5.12. The van der Waals surface area contributed by atoms with Gasteiger partial charge in [-0.15, -0.1) is 0 Å². The second kappa shape index (κ2) is 8.23. The fraction of sp³-hybridized carbons (Fsp3) is 0.381. The highest BCUT2D eigenvalue weighted by Crippen LogP contribution is 2.25. The van der Waals surface area contributed by atoms with Crippen molar-refractivity contribution >= 4 is 6.03 Å². The molecule has 0 aliphatic carbocycles. The van der Waals surface area contributed by atoms with E-state index in [0.29, 0.717) is 19.5 Å². The first-order chi connectivity index (χ1) is 12.5. The van der Waals surface area contributed by atoms with Crippen LogP contribution in [0.15, 0.2) is 54.6 Å². The predicted molar refractivity (Wildman–Crippen MR) is 101 cm³/mol. The number of carbonyl (C=O) groups is 1. The highest BCUT2D eigenvalue weighted by molar-refractivity contribution is 5.74. The number of nitrogens with one attached hydrogen (secondary N) is 1. The van der Waals surface area contributed by atoms with E-state index in [9.17, 15) is 9.90 Å². The van der Waals surface area contributed by atoms with Gasteiger partial charge in [-0.1, -0.05) is 42.5 Å². The Morgan fingerprint density at radius 2 is 1.88 bits per heavy atom. The molecule has 2 amide bonds. The number of carbonyl (C=O) groups excluding carboxylic acids is 1. The molecule has 2 aromatic rings. The SMILES string of the molecule is C[C@H](Cc1ccc(O)cc1)NC(=O)N1C[C@H](C)O[C@@H](c2ccccc2)C1. The summed E-state index contributed by atoms with van der Waals surface area (Å²) in [5.74, 6) is 0.250. The third kappa shape index (κ3) is 4.76. The first-order valence-corrected chi connectivity index (χ1v) is 9.05. The second-order valence-electron chi connectivity index (χ2n) is 6.97. The molecule has 1 aliphatic rings. The molecule has 3 atom stereocenters. The van der Waals surface area contributed by atoms with Gasteiger partial charge in [0.25, 0.3) is 0 Å². The summed E-state index contributed by atoms with van der Waals surface area (Å²) < 4.78 is 6.02. The Morgan fingerprint density at radius 1 is 1.19 bits per heavy atom. The van der Waals surface area contributed by atoms with E-state index in [0.717, 1.165) is 11.1 Å². The molecule has 138 valence electrons. The third-order valence-corrected chi connectivity index (χ3v) is 4.57. The minimum atomic E-state index is -0.0990. The average Bonchev–Trinajstić information content (AvgIpc) is 2.64. The van der Waals surface area contributed by atoms with E-state index in [1.54, 1.807) is 12.1 Å². The maximum Gasteiger partial charge on any atom is 0.317 e. The summed E-state index contributed by atoms with van der Waals surface area (Å²) in [6, 6.07) is 17.0. The molecule has 1 aliphatic heterocycles. The molecule has 3 rings (SSSR count). The van der Waals surface area contributed by atoms with Gasteiger partial charge in [-0.3, -0.25) is 0 Å². The molecular weight excluding hydrogens is 328 g/mol. The molecule has 0 bridgehead atoms. The zero-order chi connectivity index (χ0) is 18.5. The second-order valence-corrected chi connectivity index (χ2v) is 6.97. The molecule has 5 nitrogen and oxygen atoms in total. The van der Waals surface area contributed by atoms with Gasteiger partial charge in [0.2, 0.25) is 0 Å². The van der Waals surface area contributed by atoms with E-state index in [-0.39, 0.29) is 30.0 Å². The molecule has 26 heavy (non-hydrogen) atoms. The number of amides is 2. The minimum absolute atomic E-state index is 0.000342. The summed E-state index contributed by atoms with van der Waals surface area (Å²) >= 11 is 0. The zero-order valence-electron chi connectivity index (χ0n) is 15.3. The smallest absolute Gasteiger partial charge is 0.317 e. The van der Waals surface area contributed by atoms with Gasteiger partial charge in [-0.05, 0) is 43.5 Å². The average molecular weight is 354 g/mol. The maximum absolute atomic E-state index is 12.7. The third-order valence-electron chi connectivity index (χ3n) is 4.57. The van der Waals surface area contributed by atoms with Gasteiger partial charge < -0.3 is 20.1 Å². The Morgan fingerprint density at radius 3 is 2.58 bits per heavy atom. The molecule has 0 saturated carbocycles. The van der Waals surface area contributed by atoms with E-state index < -0.39 is 0 Å². The lowest BCUT2D eigenvalue weighted by molar-refractivity contribution is -0.0658. The Kier molecular flexibility index (Phi) is 5.78. The monoisotopic (exact) mass is 354 g/mol. The number of hydrogen-bond donors (Lipinski definition) is 2. The van der Waals surface area contributed by atoms with Crippen molar-refractivity contribution in [1.82, 2.24) is 10.2 Å². The van der Waals surface area contributed by atoms with E-state index in [1.807, 2.05) is 61.2 Å². The fourth-order valence-corrected chi connectivity index (χ4v) is 3.31. The van der Waals surface area contributed by atoms with E-state index in [1.165, 1.54) is 0 Å². The van der Waals surface area contributed by atoms with Crippen LogP contribution in [0.25, 0.3) is 0 Å². The highest BCUT2D eigenvalue weighted by atomic mass is 16.5. The number of nitrogens with zero attached hydrogens (tertiary/aromatic N) is 1. The summed E-state index contributed by atoms with van der Waals surface area (Å²) in [7, 11) is 0. The molecule has 2 N–H and O–H groups in total. The molecule has 2 aromatic carbocycles. The minimum Gasteiger partial charge on any atom is -0.508 e. The van der Waals surface area contributed by atoms with Crippen molar-refractivity contribution in [2.75, 3.05) is 13.1 Å². The van der Waals surface area contributed by atoms with Crippen LogP contribution in [0.3, 0.4) is 0 Å². The van der Waals surface area contributed by atoms with Crippen molar-refractivity contribution in [1.29, 1.82) is 0 Å². The van der Waals surface area contributed by atoms with Gasteiger partial charge in [0.15, 0.2) is 0 Å². The fourth-order valence-electron chi connectivity index (χ4n) is 3.31. The van der Waals surface area contributed by atoms with Crippen LogP contribution in [0.2, 0.25) is 0 Å². The topological polar surface area (TPSA) is 61.8 Å². The first-order valence-electron chi connectivity index (χ1n) is 9.05. The molecule has 5 heteroatoms. The number of phenolic OH excluding ortho intramolecular Hbond substituents is 1. The standard InChI is InChI=1S/C21H26N2O3/c1-15(12-17-8-10-19(24)11-9-17)22-21(25)23-13-16(2)26-20(14-23)18-6-4-3-5-7-18/h3-11,15-16,20,24H,12-14H2,1-2H3,(H,22,25)/t15-,16+,20-/m1/s1. The summed E-state index contributed by atoms with van der Waals surface area (Å²) in [5.41, 5.74) is 2.17. The highest BCUT2D eigenvalue weighted by Gasteiger charge is 2.29. The molecule has 0 unspecified atom stereocenters. The van der Waals surface area contributed by atoms with Crippen LogP contribution in [-0.2, 0) is 11.2 Å². The number of aromatic hydroxyl groups is 1. The van der Waals surface area contributed by atoms with Gasteiger partial charge in [0.05, 0.1) is 12.6 Å². The van der Waals surface area contributed by atoms with Gasteiger partial charge in [-0.2, -0.15) is 0 Å². The van der Waals surface area contributed by atoms with Crippen LogP contribution in [0.5, 0.6) is 5.75 Å². The summed E-state index contributed by atoms with van der Waals surface area (Å²) in [6.07, 6.45) is 0.610. The lowest BCUT2D eigenvalue weighted by atomic mass is 10.1. The molecule has 0 spiro atoms. The number of rotatable bonds is 4. The van der Waals surface area contributed by atoms with Crippen molar-refractivity contribution in [3.8, 4) is 5.75 Å². The number of urea groups is 1. The van der Waals surface area contributed by atoms with Gasteiger partial charge in [0.1, 0.15) is 11.9 Å². The zero-order valence-corrected chi connectivity index (χ0v) is 15.3. The van der Waals surface area contributed by atoms with Gasteiger partial charge in [0, 0.05) is 12.6 Å². The van der Waals surface area contributed by atoms with Crippen LogP contribution in [0.1, 0.15) is 31.1 Å². The van der Waals surface area contributed by atoms with Crippen molar-refractivity contribution in [2.45, 2.75) is 38.5 Å². The van der Waals surface area contributed by atoms with Crippen molar-refractivity contribution < 1.29 is 14.6 Å². The maximum atomic E-state index is 12.7. The number of morpholine rings is 1. The number of hydrogen-bond acceptors (Lipinski definition) is 3. The van der Waals surface area contributed by atoms with Crippen molar-refractivity contribution in [2.24, 2.45) is 0 Å².